The minimum absolute atomic E-state index is 0.0339. The molecule has 0 spiro atoms. The maximum Gasteiger partial charge on any atom is 0.647 e. The Labute approximate surface area is 181 Å². The van der Waals surface area contributed by atoms with Gasteiger partial charge in [0.2, 0.25) is 0 Å². The van der Waals surface area contributed by atoms with E-state index >= 15 is 0 Å². The Hall–Kier alpha value is -3.63. The summed E-state index contributed by atoms with van der Waals surface area (Å²) >= 11 is 0. The Morgan fingerprint density at radius 2 is 1.19 bits per heavy atom. The number of hydrogen-bond donors (Lipinski definition) is 2. The van der Waals surface area contributed by atoms with Crippen LogP contribution in [-0.2, 0) is 17.4 Å². The maximum atomic E-state index is 13.8. The highest BCUT2D eigenvalue weighted by Crippen LogP contribution is 2.52. The van der Waals surface area contributed by atoms with E-state index in [-0.39, 0.29) is 41.6 Å². The normalized spacial score (nSPS) is 10.8. The van der Waals surface area contributed by atoms with Crippen molar-refractivity contribution in [3.05, 3.63) is 103 Å². The van der Waals surface area contributed by atoms with Crippen LogP contribution in [0.5, 0.6) is 28.7 Å². The first-order valence-electron chi connectivity index (χ1n) is 9.53. The van der Waals surface area contributed by atoms with Crippen molar-refractivity contribution in [3.8, 4) is 28.7 Å². The number of allylic oxidation sites excluding steroid dienone is 2. The highest BCUT2D eigenvalue weighted by atomic mass is 31.2. The number of hydrogen-bond acceptors (Lipinski definition) is 6. The standard InChI is InChI=1S/C24H23O6P/c1-3-10-19-21(25)14-8-16-23(19)29-31(27,28-18-12-6-5-7-13-18)30-24-17-9-15-22(26)20(24)11-4-2/h3-9,12-17,25-26H,1-2,10-11H2. The quantitative estimate of drug-likeness (QED) is 0.290. The van der Waals surface area contributed by atoms with Gasteiger partial charge in [-0.15, -0.1) is 13.2 Å². The number of phosphoric ester groups is 1. The molecule has 0 aromatic heterocycles. The third-order valence-electron chi connectivity index (χ3n) is 4.29. The monoisotopic (exact) mass is 438 g/mol. The average Bonchev–Trinajstić information content (AvgIpc) is 2.74. The Morgan fingerprint density at radius 3 is 1.65 bits per heavy atom. The molecule has 0 radical (unpaired) electrons. The Kier molecular flexibility index (Phi) is 7.06. The molecule has 2 N–H and O–H groups in total. The van der Waals surface area contributed by atoms with Crippen molar-refractivity contribution in [1.29, 1.82) is 0 Å². The second-order valence-corrected chi connectivity index (χ2v) is 7.97. The second-order valence-electron chi connectivity index (χ2n) is 6.53. The summed E-state index contributed by atoms with van der Waals surface area (Å²) in [6, 6.07) is 17.6. The van der Waals surface area contributed by atoms with Crippen LogP contribution in [0.3, 0.4) is 0 Å². The number of para-hydroxylation sites is 1. The average molecular weight is 438 g/mol. The molecule has 0 saturated carbocycles. The van der Waals surface area contributed by atoms with Gasteiger partial charge in [0.1, 0.15) is 28.7 Å². The smallest absolute Gasteiger partial charge is 0.508 e. The summed E-state index contributed by atoms with van der Waals surface area (Å²) in [6.45, 7) is 7.35. The van der Waals surface area contributed by atoms with Gasteiger partial charge in [0.15, 0.2) is 0 Å². The lowest BCUT2D eigenvalue weighted by molar-refractivity contribution is 0.295. The molecule has 3 rings (SSSR count). The van der Waals surface area contributed by atoms with Crippen LogP contribution in [0.15, 0.2) is 92.0 Å². The SMILES string of the molecule is C=CCc1c(O)cccc1OP(=O)(Oc1ccccc1)Oc1cccc(O)c1CC=C. The molecular formula is C24H23O6P. The highest BCUT2D eigenvalue weighted by Gasteiger charge is 2.35. The predicted molar refractivity (Wildman–Crippen MR) is 120 cm³/mol. The van der Waals surface area contributed by atoms with Crippen LogP contribution in [-0.4, -0.2) is 10.2 Å². The molecule has 6 nitrogen and oxygen atoms in total. The molecule has 3 aromatic rings. The second kappa shape index (κ2) is 9.92. The van der Waals surface area contributed by atoms with Gasteiger partial charge in [-0.05, 0) is 49.2 Å². The van der Waals surface area contributed by atoms with E-state index in [0.717, 1.165) is 0 Å². The Balaban J connectivity index is 2.04. The van der Waals surface area contributed by atoms with Gasteiger partial charge >= 0.3 is 7.82 Å². The largest absolute Gasteiger partial charge is 0.647 e. The van der Waals surface area contributed by atoms with Crippen molar-refractivity contribution >= 4 is 7.82 Å². The van der Waals surface area contributed by atoms with Gasteiger partial charge in [0.25, 0.3) is 0 Å². The van der Waals surface area contributed by atoms with Crippen LogP contribution in [0.2, 0.25) is 0 Å². The fraction of sp³-hybridized carbons (Fsp3) is 0.0833. The third kappa shape index (κ3) is 5.50. The molecule has 0 atom stereocenters. The van der Waals surface area contributed by atoms with Crippen LogP contribution in [0.1, 0.15) is 11.1 Å². The van der Waals surface area contributed by atoms with Gasteiger partial charge in [0, 0.05) is 11.1 Å². The molecule has 0 aliphatic heterocycles. The molecule has 0 unspecified atom stereocenters. The summed E-state index contributed by atoms with van der Waals surface area (Å²) in [5, 5.41) is 20.4. The molecule has 0 bridgehead atoms. The molecular weight excluding hydrogens is 415 g/mol. The van der Waals surface area contributed by atoms with E-state index in [1.807, 2.05) is 0 Å². The van der Waals surface area contributed by atoms with Crippen molar-refractivity contribution in [1.82, 2.24) is 0 Å². The highest BCUT2D eigenvalue weighted by molar-refractivity contribution is 7.49. The predicted octanol–water partition coefficient (Wildman–Crippen LogP) is 6.20. The van der Waals surface area contributed by atoms with Gasteiger partial charge in [-0.25, -0.2) is 0 Å². The molecule has 3 aromatic carbocycles. The fourth-order valence-corrected chi connectivity index (χ4v) is 4.20. The first-order chi connectivity index (χ1) is 15.0. The molecule has 31 heavy (non-hydrogen) atoms. The van der Waals surface area contributed by atoms with Crippen LogP contribution in [0.25, 0.3) is 0 Å². The van der Waals surface area contributed by atoms with Gasteiger partial charge in [-0.3, -0.25) is 0 Å². The molecule has 0 heterocycles. The lowest BCUT2D eigenvalue weighted by atomic mass is 10.1. The van der Waals surface area contributed by atoms with E-state index in [9.17, 15) is 14.8 Å². The van der Waals surface area contributed by atoms with E-state index in [1.165, 1.54) is 12.1 Å². The first-order valence-corrected chi connectivity index (χ1v) is 11.0. The van der Waals surface area contributed by atoms with E-state index in [4.69, 9.17) is 13.6 Å². The number of rotatable bonds is 10. The lowest BCUT2D eigenvalue weighted by Crippen LogP contribution is -2.09. The molecule has 0 fully saturated rings. The van der Waals surface area contributed by atoms with Crippen molar-refractivity contribution in [2.24, 2.45) is 0 Å². The van der Waals surface area contributed by atoms with E-state index in [2.05, 4.69) is 13.2 Å². The lowest BCUT2D eigenvalue weighted by Gasteiger charge is -2.22. The first kappa shape index (κ1) is 22.1. The third-order valence-corrected chi connectivity index (χ3v) is 5.57. The number of phenolic OH excluding ortho intramolecular Hbond substituents is 2. The van der Waals surface area contributed by atoms with Crippen molar-refractivity contribution in [3.63, 3.8) is 0 Å². The van der Waals surface area contributed by atoms with Crippen LogP contribution in [0, 0.1) is 0 Å². The topological polar surface area (TPSA) is 85.2 Å². The van der Waals surface area contributed by atoms with Gasteiger partial charge in [-0.1, -0.05) is 42.5 Å². The van der Waals surface area contributed by atoms with Gasteiger partial charge in [0.05, 0.1) is 0 Å². The van der Waals surface area contributed by atoms with Crippen LogP contribution >= 0.6 is 7.82 Å². The summed E-state index contributed by atoms with van der Waals surface area (Å²) in [4.78, 5) is 0. The van der Waals surface area contributed by atoms with E-state index < -0.39 is 7.82 Å². The van der Waals surface area contributed by atoms with Gasteiger partial charge < -0.3 is 23.8 Å². The van der Waals surface area contributed by atoms with Crippen molar-refractivity contribution < 1.29 is 28.3 Å². The van der Waals surface area contributed by atoms with Crippen molar-refractivity contribution in [2.45, 2.75) is 12.8 Å². The number of benzene rings is 3. The van der Waals surface area contributed by atoms with Gasteiger partial charge in [-0.2, -0.15) is 4.57 Å². The number of aromatic hydroxyl groups is 2. The number of phosphoric acid groups is 1. The minimum atomic E-state index is -4.32. The number of phenols is 2. The Morgan fingerprint density at radius 1 is 0.710 bits per heavy atom. The summed E-state index contributed by atoms with van der Waals surface area (Å²) < 4.78 is 30.9. The van der Waals surface area contributed by atoms with Crippen molar-refractivity contribution in [2.75, 3.05) is 0 Å². The summed E-state index contributed by atoms with van der Waals surface area (Å²) in [7, 11) is -4.32. The zero-order chi connectivity index (χ0) is 22.3. The van der Waals surface area contributed by atoms with E-state index in [0.29, 0.717) is 11.1 Å². The minimum Gasteiger partial charge on any atom is -0.508 e. The molecule has 0 amide bonds. The zero-order valence-electron chi connectivity index (χ0n) is 16.8. The molecule has 0 saturated heterocycles. The molecule has 0 aliphatic carbocycles. The molecule has 7 heteroatoms. The Bertz CT molecular complexity index is 1040. The van der Waals surface area contributed by atoms with Crippen LogP contribution in [0.4, 0.5) is 0 Å². The maximum absolute atomic E-state index is 13.8. The van der Waals surface area contributed by atoms with E-state index in [1.54, 1.807) is 66.7 Å². The summed E-state index contributed by atoms with van der Waals surface area (Å²) in [6.07, 6.45) is 3.73. The molecule has 160 valence electrons. The molecule has 0 aliphatic rings. The van der Waals surface area contributed by atoms with Crippen LogP contribution < -0.4 is 13.6 Å². The fourth-order valence-electron chi connectivity index (χ4n) is 2.89. The zero-order valence-corrected chi connectivity index (χ0v) is 17.7. The summed E-state index contributed by atoms with van der Waals surface area (Å²) in [5.41, 5.74) is 0.778. The summed E-state index contributed by atoms with van der Waals surface area (Å²) in [5.74, 6) is 0.456.